The summed E-state index contributed by atoms with van der Waals surface area (Å²) in [6.07, 6.45) is 0. The van der Waals surface area contributed by atoms with Crippen molar-refractivity contribution in [2.75, 3.05) is 33.2 Å². The summed E-state index contributed by atoms with van der Waals surface area (Å²) in [4.78, 5) is 10.2. The van der Waals surface area contributed by atoms with Crippen molar-refractivity contribution < 1.29 is 9.50 Å². The molecule has 26 heavy (non-hydrogen) atoms. The Bertz CT molecular complexity index is 774. The van der Waals surface area contributed by atoms with Crippen LogP contribution in [0.3, 0.4) is 0 Å². The molecule has 3 rings (SSSR count). The first-order chi connectivity index (χ1) is 12.5. The van der Waals surface area contributed by atoms with E-state index in [4.69, 9.17) is 11.6 Å². The molecule has 0 spiro atoms. The van der Waals surface area contributed by atoms with Crippen molar-refractivity contribution in [2.45, 2.75) is 13.1 Å². The minimum atomic E-state index is -0.610. The van der Waals surface area contributed by atoms with Crippen LogP contribution >= 0.6 is 22.9 Å². The first kappa shape index (κ1) is 18.9. The number of aliphatic imine (C=N–C) groups is 1. The van der Waals surface area contributed by atoms with Crippen LogP contribution in [0.15, 0.2) is 35.3 Å². The Labute approximate surface area is 161 Å². The number of guanidine groups is 1. The van der Waals surface area contributed by atoms with Gasteiger partial charge in [0.1, 0.15) is 0 Å². The van der Waals surface area contributed by atoms with Gasteiger partial charge in [-0.1, -0.05) is 17.7 Å². The van der Waals surface area contributed by atoms with E-state index < -0.39 is 5.82 Å². The van der Waals surface area contributed by atoms with Crippen LogP contribution in [-0.4, -0.2) is 54.1 Å². The zero-order chi connectivity index (χ0) is 18.5. The van der Waals surface area contributed by atoms with Crippen LogP contribution in [0.25, 0.3) is 0 Å². The molecule has 0 aliphatic carbocycles. The van der Waals surface area contributed by atoms with E-state index in [9.17, 15) is 9.50 Å². The monoisotopic (exact) mass is 396 g/mol. The fourth-order valence-electron chi connectivity index (χ4n) is 2.95. The third-order valence-corrected chi connectivity index (χ3v) is 5.57. The molecule has 8 heteroatoms. The van der Waals surface area contributed by atoms with Crippen molar-refractivity contribution >= 4 is 28.9 Å². The number of halogens is 2. The van der Waals surface area contributed by atoms with E-state index >= 15 is 0 Å². The highest BCUT2D eigenvalue weighted by molar-refractivity contribution is 7.16. The van der Waals surface area contributed by atoms with Gasteiger partial charge in [-0.25, -0.2) is 4.39 Å². The zero-order valence-corrected chi connectivity index (χ0v) is 16.2. The Morgan fingerprint density at radius 2 is 2.04 bits per heavy atom. The molecule has 0 bridgehead atoms. The third kappa shape index (κ3) is 4.87. The number of benzene rings is 1. The summed E-state index contributed by atoms with van der Waals surface area (Å²) in [6.45, 7) is 5.03. The van der Waals surface area contributed by atoms with Gasteiger partial charge in [0.2, 0.25) is 0 Å². The van der Waals surface area contributed by atoms with Crippen molar-refractivity contribution in [1.29, 1.82) is 0 Å². The van der Waals surface area contributed by atoms with E-state index in [0.29, 0.717) is 6.54 Å². The number of phenols is 1. The molecule has 2 aromatic rings. The van der Waals surface area contributed by atoms with Crippen molar-refractivity contribution in [3.05, 3.63) is 50.9 Å². The molecule has 5 nitrogen and oxygen atoms in total. The Morgan fingerprint density at radius 1 is 1.27 bits per heavy atom. The number of hydrogen-bond acceptors (Lipinski definition) is 4. The highest BCUT2D eigenvalue weighted by Crippen LogP contribution is 2.23. The number of nitrogens with zero attached hydrogens (tertiary/aromatic N) is 3. The van der Waals surface area contributed by atoms with E-state index in [2.05, 4.69) is 26.2 Å². The lowest BCUT2D eigenvalue weighted by molar-refractivity contribution is 0.173. The number of hydrogen-bond donors (Lipinski definition) is 2. The smallest absolute Gasteiger partial charge is 0.194 e. The summed E-state index contributed by atoms with van der Waals surface area (Å²) in [6, 6.07) is 8.42. The fourth-order valence-corrected chi connectivity index (χ4v) is 4.08. The van der Waals surface area contributed by atoms with Crippen LogP contribution < -0.4 is 5.32 Å². The summed E-state index contributed by atoms with van der Waals surface area (Å²) in [5, 5.41) is 12.5. The third-order valence-electron chi connectivity index (χ3n) is 4.35. The van der Waals surface area contributed by atoms with Crippen molar-refractivity contribution in [2.24, 2.45) is 4.99 Å². The molecule has 1 aromatic heterocycles. The quantitative estimate of drug-likeness (QED) is 0.615. The second-order valence-electron chi connectivity index (χ2n) is 6.16. The summed E-state index contributed by atoms with van der Waals surface area (Å²) in [5.74, 6) is -0.139. The Kier molecular flexibility index (Phi) is 6.34. The van der Waals surface area contributed by atoms with E-state index in [0.717, 1.165) is 48.6 Å². The van der Waals surface area contributed by atoms with Gasteiger partial charge in [-0.3, -0.25) is 9.89 Å². The molecule has 0 unspecified atom stereocenters. The summed E-state index contributed by atoms with van der Waals surface area (Å²) in [7, 11) is 1.75. The fraction of sp³-hybridized carbons (Fsp3) is 0.389. The SMILES string of the molecule is CN=C(NCc1ccc(O)c(F)c1)N1CCN(Cc2ccc(Cl)s2)CC1. The second-order valence-corrected chi connectivity index (χ2v) is 7.96. The van der Waals surface area contributed by atoms with Gasteiger partial charge in [0.15, 0.2) is 17.5 Å². The average Bonchev–Trinajstić information content (AvgIpc) is 3.04. The van der Waals surface area contributed by atoms with E-state index in [1.165, 1.54) is 17.0 Å². The van der Waals surface area contributed by atoms with E-state index in [1.54, 1.807) is 24.5 Å². The van der Waals surface area contributed by atoms with Gasteiger partial charge < -0.3 is 15.3 Å². The molecule has 0 amide bonds. The maximum Gasteiger partial charge on any atom is 0.194 e. The maximum absolute atomic E-state index is 13.4. The highest BCUT2D eigenvalue weighted by Gasteiger charge is 2.20. The van der Waals surface area contributed by atoms with Crippen LogP contribution in [0, 0.1) is 5.82 Å². The molecule has 2 heterocycles. The Hall–Kier alpha value is -1.83. The number of piperazine rings is 1. The lowest BCUT2D eigenvalue weighted by Crippen LogP contribution is -2.51. The molecule has 0 atom stereocenters. The zero-order valence-electron chi connectivity index (χ0n) is 14.6. The lowest BCUT2D eigenvalue weighted by Gasteiger charge is -2.36. The van der Waals surface area contributed by atoms with E-state index in [1.807, 2.05) is 6.07 Å². The molecule has 2 N–H and O–H groups in total. The topological polar surface area (TPSA) is 51.1 Å². The maximum atomic E-state index is 13.4. The van der Waals surface area contributed by atoms with Gasteiger partial charge in [0.05, 0.1) is 4.34 Å². The molecule has 1 aromatic carbocycles. The largest absolute Gasteiger partial charge is 0.505 e. The molecular weight excluding hydrogens is 375 g/mol. The normalized spacial score (nSPS) is 16.1. The van der Waals surface area contributed by atoms with Crippen LogP contribution in [-0.2, 0) is 13.1 Å². The summed E-state index contributed by atoms with van der Waals surface area (Å²) < 4.78 is 14.3. The standard InChI is InChI=1S/C18H22ClFN4OS/c1-21-18(22-11-13-2-4-16(25)15(20)10-13)24-8-6-23(7-9-24)12-14-3-5-17(19)26-14/h2-5,10,25H,6-9,11-12H2,1H3,(H,21,22). The molecule has 1 aliphatic heterocycles. The second kappa shape index (κ2) is 8.70. The molecule has 1 aliphatic rings. The average molecular weight is 397 g/mol. The van der Waals surface area contributed by atoms with Crippen LogP contribution in [0.1, 0.15) is 10.4 Å². The molecule has 0 radical (unpaired) electrons. The summed E-state index contributed by atoms with van der Waals surface area (Å²) in [5.41, 5.74) is 0.759. The first-order valence-corrected chi connectivity index (χ1v) is 9.64. The number of thiophene rings is 1. The Morgan fingerprint density at radius 3 is 2.65 bits per heavy atom. The minimum absolute atomic E-state index is 0.332. The molecule has 0 saturated carbocycles. The van der Waals surface area contributed by atoms with Gasteiger partial charge in [-0.05, 0) is 29.8 Å². The number of rotatable bonds is 4. The van der Waals surface area contributed by atoms with Gasteiger partial charge >= 0.3 is 0 Å². The molecule has 140 valence electrons. The predicted molar refractivity (Wildman–Crippen MR) is 104 cm³/mol. The van der Waals surface area contributed by atoms with Crippen molar-refractivity contribution in [1.82, 2.24) is 15.1 Å². The highest BCUT2D eigenvalue weighted by atomic mass is 35.5. The minimum Gasteiger partial charge on any atom is -0.505 e. The van der Waals surface area contributed by atoms with Crippen LogP contribution in [0.4, 0.5) is 4.39 Å². The van der Waals surface area contributed by atoms with Gasteiger partial charge in [-0.2, -0.15) is 0 Å². The Balaban J connectivity index is 1.49. The van der Waals surface area contributed by atoms with Gasteiger partial charge in [-0.15, -0.1) is 11.3 Å². The van der Waals surface area contributed by atoms with Crippen molar-refractivity contribution in [3.63, 3.8) is 0 Å². The molecule has 1 fully saturated rings. The van der Waals surface area contributed by atoms with Crippen LogP contribution in [0.5, 0.6) is 5.75 Å². The lowest BCUT2D eigenvalue weighted by atomic mass is 10.2. The number of nitrogens with one attached hydrogen (secondary N) is 1. The van der Waals surface area contributed by atoms with E-state index in [-0.39, 0.29) is 5.75 Å². The van der Waals surface area contributed by atoms with Gasteiger partial charge in [0, 0.05) is 51.2 Å². The predicted octanol–water partition coefficient (Wildman–Crippen LogP) is 3.14. The van der Waals surface area contributed by atoms with Gasteiger partial charge in [0.25, 0.3) is 0 Å². The summed E-state index contributed by atoms with van der Waals surface area (Å²) >= 11 is 7.62. The molecule has 1 saturated heterocycles. The first-order valence-electron chi connectivity index (χ1n) is 8.44. The van der Waals surface area contributed by atoms with Crippen molar-refractivity contribution in [3.8, 4) is 5.75 Å². The number of aromatic hydroxyl groups is 1. The molecular formula is C18H22ClFN4OS. The number of phenolic OH excluding ortho intramolecular Hbond substituents is 1. The van der Waals surface area contributed by atoms with Crippen LogP contribution in [0.2, 0.25) is 4.34 Å².